The van der Waals surface area contributed by atoms with Gasteiger partial charge in [0.1, 0.15) is 6.04 Å². The number of ether oxygens (including phenoxy) is 1. The second kappa shape index (κ2) is 9.60. The van der Waals surface area contributed by atoms with E-state index in [1.54, 1.807) is 7.11 Å². The van der Waals surface area contributed by atoms with Crippen LogP contribution in [-0.2, 0) is 9.53 Å². The minimum atomic E-state index is -0.900. The van der Waals surface area contributed by atoms with Crippen molar-refractivity contribution in [1.82, 2.24) is 10.2 Å². The Labute approximate surface area is 126 Å². The zero-order valence-electron chi connectivity index (χ0n) is 13.1. The van der Waals surface area contributed by atoms with Gasteiger partial charge in [0.15, 0.2) is 0 Å². The largest absolute Gasteiger partial charge is 0.480 e. The number of likely N-dealkylation sites (tertiary alicyclic amines) is 1. The average molecular weight is 300 g/mol. The third kappa shape index (κ3) is 5.91. The van der Waals surface area contributed by atoms with Crippen LogP contribution >= 0.6 is 0 Å². The Morgan fingerprint density at radius 3 is 2.71 bits per heavy atom. The fourth-order valence-corrected chi connectivity index (χ4v) is 2.73. The van der Waals surface area contributed by atoms with Gasteiger partial charge in [-0.2, -0.15) is 0 Å². The number of carboxylic acid groups (broad SMARTS) is 1. The zero-order valence-corrected chi connectivity index (χ0v) is 13.1. The van der Waals surface area contributed by atoms with Gasteiger partial charge in [0.2, 0.25) is 0 Å². The zero-order chi connectivity index (χ0) is 15.7. The summed E-state index contributed by atoms with van der Waals surface area (Å²) in [6.45, 7) is 3.92. The molecule has 2 N–H and O–H groups in total. The van der Waals surface area contributed by atoms with Crippen LogP contribution in [0.2, 0.25) is 0 Å². The van der Waals surface area contributed by atoms with Gasteiger partial charge in [-0.1, -0.05) is 13.3 Å². The van der Waals surface area contributed by atoms with Gasteiger partial charge in [0.25, 0.3) is 0 Å². The Balaban J connectivity index is 2.35. The topological polar surface area (TPSA) is 78.9 Å². The molecular formula is C15H28N2O4. The molecule has 122 valence electrons. The highest BCUT2D eigenvalue weighted by atomic mass is 16.5. The molecule has 0 aromatic heterocycles. The number of hydrogen-bond donors (Lipinski definition) is 2. The van der Waals surface area contributed by atoms with E-state index in [1.807, 2.05) is 0 Å². The van der Waals surface area contributed by atoms with E-state index >= 15 is 0 Å². The predicted octanol–water partition coefficient (Wildman–Crippen LogP) is 2.09. The van der Waals surface area contributed by atoms with Crippen molar-refractivity contribution in [2.24, 2.45) is 5.92 Å². The summed E-state index contributed by atoms with van der Waals surface area (Å²) in [5.74, 6) is -0.493. The fraction of sp³-hybridized carbons (Fsp3) is 0.867. The molecule has 1 aliphatic heterocycles. The van der Waals surface area contributed by atoms with Gasteiger partial charge in [0, 0.05) is 26.8 Å². The van der Waals surface area contributed by atoms with E-state index in [-0.39, 0.29) is 6.03 Å². The summed E-state index contributed by atoms with van der Waals surface area (Å²) in [5, 5.41) is 12.1. The summed E-state index contributed by atoms with van der Waals surface area (Å²) in [5.41, 5.74) is 0. The van der Waals surface area contributed by atoms with E-state index in [0.29, 0.717) is 25.4 Å². The SMILES string of the molecule is CCC1CCN(C(=O)NCCCCCOC)C(C(=O)O)C1. The van der Waals surface area contributed by atoms with Crippen molar-refractivity contribution in [3.8, 4) is 0 Å². The van der Waals surface area contributed by atoms with Crippen LogP contribution in [0, 0.1) is 5.92 Å². The number of aliphatic carboxylic acids is 1. The van der Waals surface area contributed by atoms with Crippen molar-refractivity contribution >= 4 is 12.0 Å². The maximum Gasteiger partial charge on any atom is 0.326 e. The average Bonchev–Trinajstić information content (AvgIpc) is 2.49. The number of carbonyl (C=O) groups excluding carboxylic acids is 1. The van der Waals surface area contributed by atoms with Crippen molar-refractivity contribution in [2.75, 3.05) is 26.8 Å². The second-order valence-corrected chi connectivity index (χ2v) is 5.63. The molecule has 0 bridgehead atoms. The number of unbranched alkanes of at least 4 members (excludes halogenated alkanes) is 2. The normalized spacial score (nSPS) is 22.1. The molecule has 1 heterocycles. The molecule has 0 radical (unpaired) electrons. The van der Waals surface area contributed by atoms with Crippen molar-refractivity contribution in [1.29, 1.82) is 0 Å². The number of nitrogens with one attached hydrogen (secondary N) is 1. The van der Waals surface area contributed by atoms with Gasteiger partial charge < -0.3 is 20.1 Å². The van der Waals surface area contributed by atoms with Gasteiger partial charge in [-0.05, 0) is 38.0 Å². The first kappa shape index (κ1) is 17.8. The van der Waals surface area contributed by atoms with Crippen molar-refractivity contribution < 1.29 is 19.4 Å². The molecule has 21 heavy (non-hydrogen) atoms. The first-order chi connectivity index (χ1) is 10.1. The quantitative estimate of drug-likeness (QED) is 0.673. The first-order valence-electron chi connectivity index (χ1n) is 7.86. The van der Waals surface area contributed by atoms with Crippen LogP contribution in [0.1, 0.15) is 45.4 Å². The summed E-state index contributed by atoms with van der Waals surface area (Å²) >= 11 is 0. The fourth-order valence-electron chi connectivity index (χ4n) is 2.73. The predicted molar refractivity (Wildman–Crippen MR) is 80.3 cm³/mol. The molecule has 2 amide bonds. The first-order valence-corrected chi connectivity index (χ1v) is 7.86. The van der Waals surface area contributed by atoms with Crippen LogP contribution in [0.5, 0.6) is 0 Å². The third-order valence-electron chi connectivity index (χ3n) is 4.14. The standard InChI is InChI=1S/C15H28N2O4/c1-3-12-7-9-17(13(11-12)14(18)19)15(20)16-8-5-4-6-10-21-2/h12-13H,3-11H2,1-2H3,(H,16,20)(H,18,19). The van der Waals surface area contributed by atoms with Crippen LogP contribution in [0.25, 0.3) is 0 Å². The maximum atomic E-state index is 12.1. The lowest BCUT2D eigenvalue weighted by Gasteiger charge is -2.36. The van der Waals surface area contributed by atoms with Gasteiger partial charge in [-0.3, -0.25) is 0 Å². The Kier molecular flexibility index (Phi) is 8.12. The molecule has 6 nitrogen and oxygen atoms in total. The molecule has 0 aromatic carbocycles. The van der Waals surface area contributed by atoms with Crippen LogP contribution in [-0.4, -0.2) is 54.9 Å². The molecular weight excluding hydrogens is 272 g/mol. The lowest BCUT2D eigenvalue weighted by atomic mass is 9.89. The number of carbonyl (C=O) groups is 2. The third-order valence-corrected chi connectivity index (χ3v) is 4.14. The van der Waals surface area contributed by atoms with Crippen LogP contribution < -0.4 is 5.32 Å². The Bertz CT molecular complexity index is 336. The highest BCUT2D eigenvalue weighted by Gasteiger charge is 2.35. The van der Waals surface area contributed by atoms with Crippen LogP contribution in [0.15, 0.2) is 0 Å². The van der Waals surface area contributed by atoms with E-state index in [9.17, 15) is 14.7 Å². The molecule has 2 unspecified atom stereocenters. The van der Waals surface area contributed by atoms with E-state index in [2.05, 4.69) is 12.2 Å². The molecule has 1 saturated heterocycles. The molecule has 1 rings (SSSR count). The Morgan fingerprint density at radius 1 is 1.33 bits per heavy atom. The summed E-state index contributed by atoms with van der Waals surface area (Å²) in [6.07, 6.45) is 5.28. The number of nitrogens with zero attached hydrogens (tertiary/aromatic N) is 1. The lowest BCUT2D eigenvalue weighted by molar-refractivity contribution is -0.144. The van der Waals surface area contributed by atoms with Crippen molar-refractivity contribution in [3.05, 3.63) is 0 Å². The van der Waals surface area contributed by atoms with Gasteiger partial charge in [-0.15, -0.1) is 0 Å². The minimum Gasteiger partial charge on any atom is -0.480 e. The number of methoxy groups -OCH3 is 1. The number of urea groups is 1. The molecule has 0 spiro atoms. The van der Waals surface area contributed by atoms with E-state index in [4.69, 9.17) is 4.74 Å². The maximum absolute atomic E-state index is 12.1. The number of hydrogen-bond acceptors (Lipinski definition) is 3. The van der Waals surface area contributed by atoms with E-state index in [1.165, 1.54) is 4.90 Å². The van der Waals surface area contributed by atoms with Gasteiger partial charge >= 0.3 is 12.0 Å². The highest BCUT2D eigenvalue weighted by Crippen LogP contribution is 2.25. The highest BCUT2D eigenvalue weighted by molar-refractivity contribution is 5.82. The molecule has 0 aliphatic carbocycles. The number of rotatable bonds is 8. The number of amides is 2. The Morgan fingerprint density at radius 2 is 2.10 bits per heavy atom. The Hall–Kier alpha value is -1.30. The van der Waals surface area contributed by atoms with Gasteiger partial charge in [-0.25, -0.2) is 9.59 Å². The smallest absolute Gasteiger partial charge is 0.326 e. The molecule has 0 saturated carbocycles. The number of carboxylic acids is 1. The summed E-state index contributed by atoms with van der Waals surface area (Å²) in [6, 6.07) is -0.930. The summed E-state index contributed by atoms with van der Waals surface area (Å²) in [7, 11) is 1.67. The molecule has 2 atom stereocenters. The second-order valence-electron chi connectivity index (χ2n) is 5.63. The van der Waals surface area contributed by atoms with Crippen LogP contribution in [0.4, 0.5) is 4.79 Å². The molecule has 0 aromatic rings. The molecule has 6 heteroatoms. The molecule has 1 fully saturated rings. The summed E-state index contributed by atoms with van der Waals surface area (Å²) < 4.78 is 4.96. The van der Waals surface area contributed by atoms with E-state index < -0.39 is 12.0 Å². The lowest BCUT2D eigenvalue weighted by Crippen LogP contribution is -2.53. The van der Waals surface area contributed by atoms with Gasteiger partial charge in [0.05, 0.1) is 0 Å². The van der Waals surface area contributed by atoms with Crippen molar-refractivity contribution in [3.63, 3.8) is 0 Å². The number of piperidine rings is 1. The minimum absolute atomic E-state index is 0.247. The molecule has 1 aliphatic rings. The summed E-state index contributed by atoms with van der Waals surface area (Å²) in [4.78, 5) is 24.9. The van der Waals surface area contributed by atoms with Crippen LogP contribution in [0.3, 0.4) is 0 Å². The van der Waals surface area contributed by atoms with E-state index in [0.717, 1.165) is 38.7 Å². The monoisotopic (exact) mass is 300 g/mol. The van der Waals surface area contributed by atoms with Crippen molar-refractivity contribution in [2.45, 2.75) is 51.5 Å².